The van der Waals surface area contributed by atoms with Crippen molar-refractivity contribution in [3.8, 4) is 0 Å². The van der Waals surface area contributed by atoms with Gasteiger partial charge in [0, 0.05) is 18.8 Å². The molecule has 1 fully saturated rings. The van der Waals surface area contributed by atoms with Crippen LogP contribution in [0, 0.1) is 11.8 Å². The van der Waals surface area contributed by atoms with Crippen LogP contribution in [0.15, 0.2) is 24.4 Å². The predicted octanol–water partition coefficient (Wildman–Crippen LogP) is 2.84. The molecule has 0 bridgehead atoms. The van der Waals surface area contributed by atoms with Gasteiger partial charge in [0.25, 0.3) is 0 Å². The fourth-order valence-electron chi connectivity index (χ4n) is 3.06. The van der Waals surface area contributed by atoms with E-state index >= 15 is 0 Å². The highest BCUT2D eigenvalue weighted by molar-refractivity contribution is 5.12. The summed E-state index contributed by atoms with van der Waals surface area (Å²) in [6, 6.07) is 6.59. The molecule has 3 nitrogen and oxygen atoms in total. The first-order valence-electron chi connectivity index (χ1n) is 7.54. The molecule has 0 aromatic carbocycles. The molecule has 0 aliphatic carbocycles. The van der Waals surface area contributed by atoms with Gasteiger partial charge in [-0.3, -0.25) is 9.88 Å². The van der Waals surface area contributed by atoms with Gasteiger partial charge >= 0.3 is 0 Å². The van der Waals surface area contributed by atoms with E-state index in [1.807, 2.05) is 12.3 Å². The highest BCUT2D eigenvalue weighted by Crippen LogP contribution is 2.32. The second kappa shape index (κ2) is 6.49. The maximum atomic E-state index is 6.37. The molecular formula is C16H27N3. The van der Waals surface area contributed by atoms with E-state index in [1.54, 1.807) is 0 Å². The molecule has 3 heteroatoms. The normalized spacial score (nSPS) is 23.7. The molecule has 2 N–H and O–H groups in total. The summed E-state index contributed by atoms with van der Waals surface area (Å²) in [5.41, 5.74) is 7.50. The van der Waals surface area contributed by atoms with E-state index < -0.39 is 0 Å². The van der Waals surface area contributed by atoms with E-state index in [0.717, 1.165) is 37.0 Å². The summed E-state index contributed by atoms with van der Waals surface area (Å²) >= 11 is 0. The van der Waals surface area contributed by atoms with Gasteiger partial charge in [0.15, 0.2) is 0 Å². The average molecular weight is 261 g/mol. The summed E-state index contributed by atoms with van der Waals surface area (Å²) in [5, 5.41) is 0. The Morgan fingerprint density at radius 1 is 1.42 bits per heavy atom. The zero-order chi connectivity index (χ0) is 13.8. The Bertz CT molecular complexity index is 377. The van der Waals surface area contributed by atoms with Gasteiger partial charge in [-0.25, -0.2) is 0 Å². The lowest BCUT2D eigenvalue weighted by Gasteiger charge is -2.32. The number of aromatic nitrogens is 1. The second-order valence-electron chi connectivity index (χ2n) is 6.06. The van der Waals surface area contributed by atoms with Crippen molar-refractivity contribution in [2.45, 2.75) is 45.7 Å². The van der Waals surface area contributed by atoms with Crippen LogP contribution in [0.5, 0.6) is 0 Å². The molecule has 0 radical (unpaired) electrons. The molecular weight excluding hydrogens is 234 g/mol. The molecule has 2 heterocycles. The van der Waals surface area contributed by atoms with Crippen LogP contribution in [0.1, 0.15) is 45.3 Å². The SMILES string of the molecule is CCC(N)C(c1ccccn1)N1CCC(C(C)C)C1. The Hall–Kier alpha value is -0.930. The average Bonchev–Trinajstić information content (AvgIpc) is 2.89. The van der Waals surface area contributed by atoms with Gasteiger partial charge < -0.3 is 5.73 Å². The summed E-state index contributed by atoms with van der Waals surface area (Å²) < 4.78 is 0. The van der Waals surface area contributed by atoms with Crippen molar-refractivity contribution in [3.63, 3.8) is 0 Å². The number of nitrogens with zero attached hydrogens (tertiary/aromatic N) is 2. The van der Waals surface area contributed by atoms with Gasteiger partial charge in [-0.1, -0.05) is 26.8 Å². The molecule has 0 spiro atoms. The minimum Gasteiger partial charge on any atom is -0.326 e. The Morgan fingerprint density at radius 2 is 2.21 bits per heavy atom. The van der Waals surface area contributed by atoms with Crippen molar-refractivity contribution in [1.82, 2.24) is 9.88 Å². The maximum absolute atomic E-state index is 6.37. The molecule has 1 aliphatic heterocycles. The largest absolute Gasteiger partial charge is 0.326 e. The smallest absolute Gasteiger partial charge is 0.0673 e. The molecule has 3 unspecified atom stereocenters. The van der Waals surface area contributed by atoms with Gasteiger partial charge in [0.1, 0.15) is 0 Å². The van der Waals surface area contributed by atoms with Crippen LogP contribution < -0.4 is 5.73 Å². The van der Waals surface area contributed by atoms with E-state index in [-0.39, 0.29) is 12.1 Å². The number of hydrogen-bond acceptors (Lipinski definition) is 3. The van der Waals surface area contributed by atoms with Gasteiger partial charge in [0.2, 0.25) is 0 Å². The molecule has 0 amide bonds. The molecule has 1 aromatic rings. The number of nitrogens with two attached hydrogens (primary N) is 1. The van der Waals surface area contributed by atoms with Gasteiger partial charge in [-0.15, -0.1) is 0 Å². The highest BCUT2D eigenvalue weighted by atomic mass is 15.2. The molecule has 0 saturated carbocycles. The van der Waals surface area contributed by atoms with Crippen LogP contribution in [0.2, 0.25) is 0 Å². The highest BCUT2D eigenvalue weighted by Gasteiger charge is 2.33. The quantitative estimate of drug-likeness (QED) is 0.886. The van der Waals surface area contributed by atoms with Crippen LogP contribution in [0.3, 0.4) is 0 Å². The molecule has 1 aliphatic rings. The summed E-state index contributed by atoms with van der Waals surface area (Å²) in [5.74, 6) is 1.56. The number of hydrogen-bond donors (Lipinski definition) is 1. The molecule has 19 heavy (non-hydrogen) atoms. The van der Waals surface area contributed by atoms with Crippen LogP contribution in [0.25, 0.3) is 0 Å². The number of rotatable bonds is 5. The van der Waals surface area contributed by atoms with Crippen LogP contribution in [-0.4, -0.2) is 29.0 Å². The fourth-order valence-corrected chi connectivity index (χ4v) is 3.06. The van der Waals surface area contributed by atoms with Crippen molar-refractivity contribution < 1.29 is 0 Å². The minimum absolute atomic E-state index is 0.167. The molecule has 1 saturated heterocycles. The lowest BCUT2D eigenvalue weighted by atomic mass is 9.95. The monoisotopic (exact) mass is 261 g/mol. The van der Waals surface area contributed by atoms with Gasteiger partial charge in [-0.2, -0.15) is 0 Å². The van der Waals surface area contributed by atoms with E-state index in [4.69, 9.17) is 5.73 Å². The number of pyridine rings is 1. The summed E-state index contributed by atoms with van der Waals surface area (Å²) in [6.07, 6.45) is 4.15. The first-order valence-corrected chi connectivity index (χ1v) is 7.54. The van der Waals surface area contributed by atoms with Crippen LogP contribution in [0.4, 0.5) is 0 Å². The van der Waals surface area contributed by atoms with Crippen LogP contribution in [-0.2, 0) is 0 Å². The Morgan fingerprint density at radius 3 is 2.74 bits per heavy atom. The van der Waals surface area contributed by atoms with Gasteiger partial charge in [0.05, 0.1) is 11.7 Å². The molecule has 1 aromatic heterocycles. The first kappa shape index (κ1) is 14.5. The maximum Gasteiger partial charge on any atom is 0.0673 e. The minimum atomic E-state index is 0.167. The third-order valence-corrected chi connectivity index (χ3v) is 4.46. The standard InChI is InChI=1S/C16H27N3/c1-4-14(17)16(15-7-5-6-9-18-15)19-10-8-13(11-19)12(2)3/h5-7,9,12-14,16H,4,8,10-11,17H2,1-3H3. The van der Waals surface area contributed by atoms with Crippen molar-refractivity contribution >= 4 is 0 Å². The predicted molar refractivity (Wildman–Crippen MR) is 79.8 cm³/mol. The Balaban J connectivity index is 2.16. The van der Waals surface area contributed by atoms with Gasteiger partial charge in [-0.05, 0) is 43.4 Å². The van der Waals surface area contributed by atoms with E-state index in [0.29, 0.717) is 0 Å². The van der Waals surface area contributed by atoms with Crippen LogP contribution >= 0.6 is 0 Å². The van der Waals surface area contributed by atoms with E-state index in [1.165, 1.54) is 6.42 Å². The second-order valence-corrected chi connectivity index (χ2v) is 6.06. The third kappa shape index (κ3) is 3.34. The lowest BCUT2D eigenvalue weighted by molar-refractivity contribution is 0.192. The third-order valence-electron chi connectivity index (χ3n) is 4.46. The summed E-state index contributed by atoms with van der Waals surface area (Å²) in [6.45, 7) is 9.12. The van der Waals surface area contributed by atoms with Crippen molar-refractivity contribution in [3.05, 3.63) is 30.1 Å². The van der Waals surface area contributed by atoms with E-state index in [9.17, 15) is 0 Å². The Labute approximate surface area is 117 Å². The number of likely N-dealkylation sites (tertiary alicyclic amines) is 1. The van der Waals surface area contributed by atoms with Crippen molar-refractivity contribution in [2.75, 3.05) is 13.1 Å². The fraction of sp³-hybridized carbons (Fsp3) is 0.688. The zero-order valence-electron chi connectivity index (χ0n) is 12.4. The molecule has 106 valence electrons. The Kier molecular flexibility index (Phi) is 4.94. The first-order chi connectivity index (χ1) is 9.13. The zero-order valence-corrected chi connectivity index (χ0v) is 12.4. The lowest BCUT2D eigenvalue weighted by Crippen LogP contribution is -2.40. The van der Waals surface area contributed by atoms with Crippen molar-refractivity contribution in [1.29, 1.82) is 0 Å². The molecule has 2 rings (SSSR count). The summed E-state index contributed by atoms with van der Waals surface area (Å²) in [7, 11) is 0. The molecule has 3 atom stereocenters. The summed E-state index contributed by atoms with van der Waals surface area (Å²) in [4.78, 5) is 7.08. The van der Waals surface area contributed by atoms with Crippen molar-refractivity contribution in [2.24, 2.45) is 17.6 Å². The van der Waals surface area contributed by atoms with E-state index in [2.05, 4.69) is 42.8 Å². The topological polar surface area (TPSA) is 42.1 Å².